The molecule has 0 aromatic heterocycles. The standard InChI is InChI=1S/C16H19FNO3P/c1-11(2)12-6-8-15(9-7-12)18-16(22(19,20)21)13-4-3-5-14(17)10-13/h3-11,16,18H,1-2H3,(H2,19,20,21)/t16-/m0/s1. The monoisotopic (exact) mass is 323 g/mol. The van der Waals surface area contributed by atoms with Crippen LogP contribution in [0.2, 0.25) is 0 Å². The van der Waals surface area contributed by atoms with Crippen molar-refractivity contribution in [1.82, 2.24) is 0 Å². The molecule has 0 saturated carbocycles. The van der Waals surface area contributed by atoms with Crippen LogP contribution in [0.25, 0.3) is 0 Å². The first-order valence-electron chi connectivity index (χ1n) is 6.94. The molecule has 0 amide bonds. The van der Waals surface area contributed by atoms with Crippen molar-refractivity contribution in [2.24, 2.45) is 0 Å². The molecule has 22 heavy (non-hydrogen) atoms. The van der Waals surface area contributed by atoms with Gasteiger partial charge >= 0.3 is 7.60 Å². The van der Waals surface area contributed by atoms with Crippen molar-refractivity contribution < 1.29 is 18.7 Å². The summed E-state index contributed by atoms with van der Waals surface area (Å²) in [5.41, 5.74) is 1.91. The van der Waals surface area contributed by atoms with Crippen LogP contribution >= 0.6 is 7.60 Å². The van der Waals surface area contributed by atoms with Gasteiger partial charge in [-0.15, -0.1) is 0 Å². The zero-order chi connectivity index (χ0) is 16.3. The Kier molecular flexibility index (Phi) is 5.01. The first kappa shape index (κ1) is 16.7. The predicted octanol–water partition coefficient (Wildman–Crippen LogP) is 4.24. The first-order chi connectivity index (χ1) is 10.3. The molecule has 118 valence electrons. The zero-order valence-electron chi connectivity index (χ0n) is 12.4. The maximum Gasteiger partial charge on any atom is 0.352 e. The van der Waals surface area contributed by atoms with Crippen molar-refractivity contribution in [2.45, 2.75) is 25.5 Å². The number of nitrogens with one attached hydrogen (secondary N) is 1. The molecule has 0 aliphatic rings. The molecule has 0 unspecified atom stereocenters. The van der Waals surface area contributed by atoms with Gasteiger partial charge in [-0.3, -0.25) is 4.57 Å². The third kappa shape index (κ3) is 4.17. The van der Waals surface area contributed by atoms with E-state index in [0.717, 1.165) is 11.6 Å². The van der Waals surface area contributed by atoms with Crippen molar-refractivity contribution in [3.63, 3.8) is 0 Å². The van der Waals surface area contributed by atoms with E-state index in [-0.39, 0.29) is 5.56 Å². The van der Waals surface area contributed by atoms with Gasteiger partial charge in [0.15, 0.2) is 5.78 Å². The largest absolute Gasteiger partial charge is 0.368 e. The lowest BCUT2D eigenvalue weighted by molar-refractivity contribution is 0.363. The van der Waals surface area contributed by atoms with Crippen LogP contribution in [0.5, 0.6) is 0 Å². The van der Waals surface area contributed by atoms with E-state index in [4.69, 9.17) is 0 Å². The van der Waals surface area contributed by atoms with Crippen molar-refractivity contribution >= 4 is 13.3 Å². The van der Waals surface area contributed by atoms with Crippen LogP contribution in [-0.4, -0.2) is 9.79 Å². The van der Waals surface area contributed by atoms with E-state index in [0.29, 0.717) is 11.6 Å². The summed E-state index contributed by atoms with van der Waals surface area (Å²) in [6.45, 7) is 4.13. The van der Waals surface area contributed by atoms with Gasteiger partial charge < -0.3 is 15.1 Å². The van der Waals surface area contributed by atoms with E-state index in [2.05, 4.69) is 19.2 Å². The number of benzene rings is 2. The number of hydrogen-bond donors (Lipinski definition) is 3. The van der Waals surface area contributed by atoms with Crippen molar-refractivity contribution in [2.75, 3.05) is 5.32 Å². The molecule has 3 N–H and O–H groups in total. The molecule has 2 aromatic carbocycles. The van der Waals surface area contributed by atoms with Gasteiger partial charge in [0.05, 0.1) is 0 Å². The maximum absolute atomic E-state index is 13.3. The van der Waals surface area contributed by atoms with Crippen LogP contribution in [0.3, 0.4) is 0 Å². The summed E-state index contributed by atoms with van der Waals surface area (Å²) in [5.74, 6) is -1.45. The SMILES string of the molecule is CC(C)c1ccc(N[C@H](c2cccc(F)c2)P(=O)(O)O)cc1. The van der Waals surface area contributed by atoms with Gasteiger partial charge in [-0.2, -0.15) is 0 Å². The van der Waals surface area contributed by atoms with Crippen LogP contribution < -0.4 is 5.32 Å². The summed E-state index contributed by atoms with van der Waals surface area (Å²) in [6, 6.07) is 12.6. The highest BCUT2D eigenvalue weighted by atomic mass is 31.2. The van der Waals surface area contributed by atoms with E-state index < -0.39 is 19.2 Å². The molecule has 2 aromatic rings. The van der Waals surface area contributed by atoms with Gasteiger partial charge in [0.1, 0.15) is 5.82 Å². The fraction of sp³-hybridized carbons (Fsp3) is 0.250. The molecule has 0 heterocycles. The number of halogens is 1. The molecule has 4 nitrogen and oxygen atoms in total. The van der Waals surface area contributed by atoms with Crippen molar-refractivity contribution in [1.29, 1.82) is 0 Å². The number of rotatable bonds is 5. The molecule has 0 spiro atoms. The van der Waals surface area contributed by atoms with Gasteiger partial charge in [0, 0.05) is 5.69 Å². The van der Waals surface area contributed by atoms with Crippen LogP contribution in [0.15, 0.2) is 48.5 Å². The van der Waals surface area contributed by atoms with Gasteiger partial charge in [0.25, 0.3) is 0 Å². The summed E-state index contributed by atoms with van der Waals surface area (Å²) in [6.07, 6.45) is 0. The Hall–Kier alpha value is -1.68. The van der Waals surface area contributed by atoms with Gasteiger partial charge in [-0.05, 0) is 41.3 Å². The highest BCUT2D eigenvalue weighted by Gasteiger charge is 2.30. The highest BCUT2D eigenvalue weighted by molar-refractivity contribution is 7.52. The molecular formula is C16H19FNO3P. The number of hydrogen-bond acceptors (Lipinski definition) is 2. The lowest BCUT2D eigenvalue weighted by atomic mass is 10.0. The van der Waals surface area contributed by atoms with E-state index in [1.807, 2.05) is 12.1 Å². The Balaban J connectivity index is 2.30. The van der Waals surface area contributed by atoms with Crippen LogP contribution in [0.4, 0.5) is 10.1 Å². The molecular weight excluding hydrogens is 304 g/mol. The third-order valence-corrected chi connectivity index (χ3v) is 4.48. The smallest absolute Gasteiger partial charge is 0.352 e. The summed E-state index contributed by atoms with van der Waals surface area (Å²) in [4.78, 5) is 19.1. The second-order valence-electron chi connectivity index (χ2n) is 5.47. The van der Waals surface area contributed by atoms with Crippen molar-refractivity contribution in [3.8, 4) is 0 Å². The maximum atomic E-state index is 13.3. The summed E-state index contributed by atoms with van der Waals surface area (Å²) in [5, 5.41) is 2.80. The predicted molar refractivity (Wildman–Crippen MR) is 85.3 cm³/mol. The molecule has 6 heteroatoms. The topological polar surface area (TPSA) is 69.6 Å². The molecule has 2 rings (SSSR count). The average Bonchev–Trinajstić information content (AvgIpc) is 2.44. The fourth-order valence-corrected chi connectivity index (χ4v) is 3.03. The van der Waals surface area contributed by atoms with Gasteiger partial charge in [0.2, 0.25) is 0 Å². The second kappa shape index (κ2) is 6.61. The lowest BCUT2D eigenvalue weighted by Gasteiger charge is -2.22. The third-order valence-electron chi connectivity index (χ3n) is 3.38. The minimum atomic E-state index is -4.49. The second-order valence-corrected chi connectivity index (χ2v) is 7.16. The highest BCUT2D eigenvalue weighted by Crippen LogP contribution is 2.51. The fourth-order valence-electron chi connectivity index (χ4n) is 2.16. The van der Waals surface area contributed by atoms with E-state index in [1.54, 1.807) is 12.1 Å². The van der Waals surface area contributed by atoms with Crippen LogP contribution in [-0.2, 0) is 4.57 Å². The molecule has 0 bridgehead atoms. The molecule has 0 fully saturated rings. The Morgan fingerprint density at radius 1 is 1.05 bits per heavy atom. The van der Waals surface area contributed by atoms with E-state index >= 15 is 0 Å². The average molecular weight is 323 g/mol. The van der Waals surface area contributed by atoms with E-state index in [9.17, 15) is 18.7 Å². The first-order valence-corrected chi connectivity index (χ1v) is 8.62. The van der Waals surface area contributed by atoms with E-state index in [1.165, 1.54) is 18.2 Å². The Bertz CT molecular complexity index is 682. The molecule has 0 aliphatic heterocycles. The summed E-state index contributed by atoms with van der Waals surface area (Å²) >= 11 is 0. The Morgan fingerprint density at radius 2 is 1.68 bits per heavy atom. The lowest BCUT2D eigenvalue weighted by Crippen LogP contribution is -2.11. The number of anilines is 1. The van der Waals surface area contributed by atoms with Crippen molar-refractivity contribution in [3.05, 3.63) is 65.5 Å². The van der Waals surface area contributed by atoms with Crippen LogP contribution in [0.1, 0.15) is 36.7 Å². The van der Waals surface area contributed by atoms with Gasteiger partial charge in [-0.25, -0.2) is 4.39 Å². The quantitative estimate of drug-likeness (QED) is 0.720. The Morgan fingerprint density at radius 3 is 2.18 bits per heavy atom. The minimum absolute atomic E-state index is 0.210. The molecule has 0 radical (unpaired) electrons. The zero-order valence-corrected chi connectivity index (χ0v) is 13.3. The Labute approximate surface area is 129 Å². The summed E-state index contributed by atoms with van der Waals surface area (Å²) in [7, 11) is -4.49. The van der Waals surface area contributed by atoms with Crippen LogP contribution in [0, 0.1) is 5.82 Å². The molecule has 1 atom stereocenters. The molecule has 0 aliphatic carbocycles. The summed E-state index contributed by atoms with van der Waals surface area (Å²) < 4.78 is 25.0. The van der Waals surface area contributed by atoms with Gasteiger partial charge in [-0.1, -0.05) is 38.1 Å². The minimum Gasteiger partial charge on any atom is -0.368 e. The molecule has 0 saturated heterocycles. The normalized spacial score (nSPS) is 13.2.